The first-order valence-electron chi connectivity index (χ1n) is 7.00. The molecule has 1 heterocycles. The van der Waals surface area contributed by atoms with E-state index in [-0.39, 0.29) is 0 Å². The Labute approximate surface area is 119 Å². The first-order valence-corrected chi connectivity index (χ1v) is 7.88. The highest BCUT2D eigenvalue weighted by atomic mass is 32.1. The summed E-state index contributed by atoms with van der Waals surface area (Å²) in [5.74, 6) is 0.516. The van der Waals surface area contributed by atoms with Gasteiger partial charge in [0.15, 0.2) is 5.13 Å². The van der Waals surface area contributed by atoms with Crippen molar-refractivity contribution in [2.75, 3.05) is 4.90 Å². The lowest BCUT2D eigenvalue weighted by atomic mass is 10.2. The van der Waals surface area contributed by atoms with E-state index in [1.807, 2.05) is 0 Å². The number of hydrogen-bond acceptors (Lipinski definition) is 3. The summed E-state index contributed by atoms with van der Waals surface area (Å²) >= 11 is 1.79. The molecule has 0 aliphatic heterocycles. The van der Waals surface area contributed by atoms with E-state index in [4.69, 9.17) is 4.98 Å². The lowest BCUT2D eigenvalue weighted by Gasteiger charge is -2.21. The molecule has 0 radical (unpaired) electrons. The number of thiazole rings is 1. The predicted molar refractivity (Wildman–Crippen MR) is 81.9 cm³/mol. The Morgan fingerprint density at radius 3 is 2.58 bits per heavy atom. The highest BCUT2D eigenvalue weighted by molar-refractivity contribution is 7.13. The van der Waals surface area contributed by atoms with Crippen LogP contribution in [0, 0.1) is 0 Å². The lowest BCUT2D eigenvalue weighted by Crippen LogP contribution is -2.24. The molecule has 0 unspecified atom stereocenters. The van der Waals surface area contributed by atoms with E-state index >= 15 is 0 Å². The van der Waals surface area contributed by atoms with Crippen LogP contribution in [0.3, 0.4) is 0 Å². The van der Waals surface area contributed by atoms with Crippen molar-refractivity contribution in [3.05, 3.63) is 47.0 Å². The van der Waals surface area contributed by atoms with Gasteiger partial charge in [0.1, 0.15) is 0 Å². The Balaban J connectivity index is 1.80. The van der Waals surface area contributed by atoms with Crippen molar-refractivity contribution in [2.45, 2.75) is 45.2 Å². The van der Waals surface area contributed by atoms with E-state index in [2.05, 4.69) is 54.5 Å². The zero-order valence-electron chi connectivity index (χ0n) is 11.5. The second-order valence-corrected chi connectivity index (χ2v) is 6.39. The van der Waals surface area contributed by atoms with Crippen LogP contribution in [0.1, 0.15) is 43.9 Å². The van der Waals surface area contributed by atoms with Gasteiger partial charge in [-0.1, -0.05) is 44.2 Å². The van der Waals surface area contributed by atoms with Crippen LogP contribution in [0.4, 0.5) is 5.13 Å². The topological polar surface area (TPSA) is 16.1 Å². The van der Waals surface area contributed by atoms with Gasteiger partial charge in [-0.05, 0) is 24.3 Å². The molecule has 0 bridgehead atoms. The maximum Gasteiger partial charge on any atom is 0.186 e. The van der Waals surface area contributed by atoms with Gasteiger partial charge in [-0.3, -0.25) is 0 Å². The van der Waals surface area contributed by atoms with Gasteiger partial charge in [0.05, 0.1) is 5.69 Å². The molecule has 0 atom stereocenters. The molecule has 2 nitrogen and oxygen atoms in total. The van der Waals surface area contributed by atoms with Crippen molar-refractivity contribution in [1.82, 2.24) is 4.98 Å². The molecule has 1 saturated carbocycles. The standard InChI is InChI=1S/C16H20N2S/c1-12(2)15-11-19-16(17-15)18(14-8-9-14)10-13-6-4-3-5-7-13/h3-7,11-12,14H,8-10H2,1-2H3. The van der Waals surface area contributed by atoms with Crippen molar-refractivity contribution in [1.29, 1.82) is 0 Å². The quantitative estimate of drug-likeness (QED) is 0.800. The molecular weight excluding hydrogens is 252 g/mol. The number of rotatable bonds is 5. The zero-order chi connectivity index (χ0) is 13.2. The Kier molecular flexibility index (Phi) is 3.56. The minimum absolute atomic E-state index is 0.516. The van der Waals surface area contributed by atoms with Crippen molar-refractivity contribution in [3.8, 4) is 0 Å². The minimum Gasteiger partial charge on any atom is -0.341 e. The van der Waals surface area contributed by atoms with Crippen LogP contribution in [0.15, 0.2) is 35.7 Å². The summed E-state index contributed by atoms with van der Waals surface area (Å²) in [5, 5.41) is 3.40. The fourth-order valence-electron chi connectivity index (χ4n) is 2.19. The molecule has 1 fully saturated rings. The highest BCUT2D eigenvalue weighted by Gasteiger charge is 2.31. The fourth-order valence-corrected chi connectivity index (χ4v) is 3.25. The average molecular weight is 272 g/mol. The highest BCUT2D eigenvalue weighted by Crippen LogP contribution is 2.35. The molecule has 0 amide bonds. The summed E-state index contributed by atoms with van der Waals surface area (Å²) in [6, 6.07) is 11.4. The summed E-state index contributed by atoms with van der Waals surface area (Å²) in [4.78, 5) is 7.29. The number of hydrogen-bond donors (Lipinski definition) is 0. The van der Waals surface area contributed by atoms with Crippen molar-refractivity contribution in [3.63, 3.8) is 0 Å². The number of nitrogens with zero attached hydrogens (tertiary/aromatic N) is 2. The summed E-state index contributed by atoms with van der Waals surface area (Å²) in [6.07, 6.45) is 2.62. The third-order valence-electron chi connectivity index (χ3n) is 3.53. The van der Waals surface area contributed by atoms with Crippen LogP contribution < -0.4 is 4.90 Å². The molecule has 3 heteroatoms. The largest absolute Gasteiger partial charge is 0.341 e. The Hall–Kier alpha value is -1.35. The van der Waals surface area contributed by atoms with Gasteiger partial charge in [0.2, 0.25) is 0 Å². The molecule has 3 rings (SSSR count). The maximum absolute atomic E-state index is 4.81. The number of benzene rings is 1. The van der Waals surface area contributed by atoms with E-state index in [1.54, 1.807) is 11.3 Å². The Morgan fingerprint density at radius 1 is 1.26 bits per heavy atom. The molecule has 1 aromatic carbocycles. The normalized spacial score (nSPS) is 14.9. The van der Waals surface area contributed by atoms with Gasteiger partial charge in [0.25, 0.3) is 0 Å². The predicted octanol–water partition coefficient (Wildman–Crippen LogP) is 4.44. The second-order valence-electron chi connectivity index (χ2n) is 5.55. The third-order valence-corrected chi connectivity index (χ3v) is 4.43. The van der Waals surface area contributed by atoms with Gasteiger partial charge < -0.3 is 4.90 Å². The van der Waals surface area contributed by atoms with Crippen LogP contribution in [0.25, 0.3) is 0 Å². The fraction of sp³-hybridized carbons (Fsp3) is 0.438. The molecule has 0 spiro atoms. The van der Waals surface area contributed by atoms with Crippen molar-refractivity contribution < 1.29 is 0 Å². The van der Waals surface area contributed by atoms with E-state index in [9.17, 15) is 0 Å². The molecule has 1 aliphatic rings. The monoisotopic (exact) mass is 272 g/mol. The van der Waals surface area contributed by atoms with E-state index in [0.717, 1.165) is 6.54 Å². The van der Waals surface area contributed by atoms with E-state index < -0.39 is 0 Å². The molecule has 1 aromatic heterocycles. The third kappa shape index (κ3) is 2.98. The van der Waals surface area contributed by atoms with Gasteiger partial charge >= 0.3 is 0 Å². The smallest absolute Gasteiger partial charge is 0.186 e. The molecule has 19 heavy (non-hydrogen) atoms. The number of aromatic nitrogens is 1. The van der Waals surface area contributed by atoms with Crippen molar-refractivity contribution in [2.24, 2.45) is 0 Å². The summed E-state index contributed by atoms with van der Waals surface area (Å²) in [6.45, 7) is 5.39. The molecular formula is C16H20N2S. The zero-order valence-corrected chi connectivity index (χ0v) is 12.4. The summed E-state index contributed by atoms with van der Waals surface area (Å²) in [5.41, 5.74) is 2.59. The van der Waals surface area contributed by atoms with E-state index in [0.29, 0.717) is 12.0 Å². The summed E-state index contributed by atoms with van der Waals surface area (Å²) < 4.78 is 0. The van der Waals surface area contributed by atoms with Crippen LogP contribution in [0.2, 0.25) is 0 Å². The Morgan fingerprint density at radius 2 is 2.00 bits per heavy atom. The SMILES string of the molecule is CC(C)c1csc(N(Cc2ccccc2)C2CC2)n1. The molecule has 0 saturated heterocycles. The van der Waals surface area contributed by atoms with Gasteiger partial charge in [0, 0.05) is 18.0 Å². The summed E-state index contributed by atoms with van der Waals surface area (Å²) in [7, 11) is 0. The van der Waals surface area contributed by atoms with Crippen LogP contribution in [-0.4, -0.2) is 11.0 Å². The first-order chi connectivity index (χ1) is 9.24. The molecule has 0 N–H and O–H groups in total. The van der Waals surface area contributed by atoms with Gasteiger partial charge in [-0.25, -0.2) is 4.98 Å². The van der Waals surface area contributed by atoms with Crippen molar-refractivity contribution >= 4 is 16.5 Å². The lowest BCUT2D eigenvalue weighted by molar-refractivity contribution is 0.773. The van der Waals surface area contributed by atoms with E-state index in [1.165, 1.54) is 29.2 Å². The molecule has 100 valence electrons. The first kappa shape index (κ1) is 12.7. The van der Waals surface area contributed by atoms with Crippen LogP contribution >= 0.6 is 11.3 Å². The average Bonchev–Trinajstić information content (AvgIpc) is 3.13. The van der Waals surface area contributed by atoms with Crippen LogP contribution in [-0.2, 0) is 6.54 Å². The molecule has 2 aromatic rings. The Bertz CT molecular complexity index is 529. The van der Waals surface area contributed by atoms with Crippen LogP contribution in [0.5, 0.6) is 0 Å². The minimum atomic E-state index is 0.516. The van der Waals surface area contributed by atoms with Gasteiger partial charge in [-0.2, -0.15) is 0 Å². The maximum atomic E-state index is 4.81. The molecule has 1 aliphatic carbocycles. The number of anilines is 1. The second kappa shape index (κ2) is 5.33. The van der Waals surface area contributed by atoms with Gasteiger partial charge in [-0.15, -0.1) is 11.3 Å².